The SMILES string of the molecule is CCN(CC(=O)NC(C)C)C(=O)/C=C/c1cn(-c2ccccc2)nc1-c1cccs1. The van der Waals surface area contributed by atoms with Gasteiger partial charge in [-0.15, -0.1) is 11.3 Å². The second kappa shape index (κ2) is 10.0. The topological polar surface area (TPSA) is 67.2 Å². The molecule has 7 heteroatoms. The number of thiophene rings is 1. The van der Waals surface area contributed by atoms with Gasteiger partial charge in [-0.3, -0.25) is 9.59 Å². The van der Waals surface area contributed by atoms with Crippen molar-refractivity contribution in [1.29, 1.82) is 0 Å². The van der Waals surface area contributed by atoms with Crippen molar-refractivity contribution in [2.45, 2.75) is 26.8 Å². The van der Waals surface area contributed by atoms with Gasteiger partial charge in [0.15, 0.2) is 0 Å². The van der Waals surface area contributed by atoms with E-state index < -0.39 is 0 Å². The molecule has 0 bridgehead atoms. The van der Waals surface area contributed by atoms with Crippen LogP contribution in [-0.4, -0.2) is 45.6 Å². The van der Waals surface area contributed by atoms with E-state index in [0.29, 0.717) is 6.54 Å². The number of carbonyl (C=O) groups excluding carboxylic acids is 2. The fraction of sp³-hybridized carbons (Fsp3) is 0.261. The van der Waals surface area contributed by atoms with Gasteiger partial charge in [-0.25, -0.2) is 4.68 Å². The van der Waals surface area contributed by atoms with Gasteiger partial charge >= 0.3 is 0 Å². The number of amides is 2. The molecule has 0 aliphatic carbocycles. The van der Waals surface area contributed by atoms with Gasteiger partial charge in [-0.2, -0.15) is 5.10 Å². The van der Waals surface area contributed by atoms with Crippen molar-refractivity contribution in [2.24, 2.45) is 0 Å². The van der Waals surface area contributed by atoms with E-state index in [2.05, 4.69) is 5.32 Å². The second-order valence-corrected chi connectivity index (χ2v) is 8.05. The minimum absolute atomic E-state index is 0.0406. The number of hydrogen-bond acceptors (Lipinski definition) is 4. The number of nitrogens with zero attached hydrogens (tertiary/aromatic N) is 3. The Morgan fingerprint density at radius 2 is 1.97 bits per heavy atom. The van der Waals surface area contributed by atoms with Gasteiger partial charge in [0.05, 0.1) is 17.1 Å². The Balaban J connectivity index is 1.83. The standard InChI is InChI=1S/C23H26N4O2S/c1-4-26(16-21(28)24-17(2)3)22(29)13-12-18-15-27(19-9-6-5-7-10-19)25-23(18)20-11-8-14-30-20/h5-15,17H,4,16H2,1-3H3,(H,24,28)/b13-12+. The average Bonchev–Trinajstić information content (AvgIpc) is 3.40. The normalized spacial score (nSPS) is 11.2. The molecular formula is C23H26N4O2S. The van der Waals surface area contributed by atoms with Gasteiger partial charge < -0.3 is 10.2 Å². The Bertz CT molecular complexity index is 1010. The molecule has 0 saturated carbocycles. The summed E-state index contributed by atoms with van der Waals surface area (Å²) in [4.78, 5) is 27.3. The van der Waals surface area contributed by atoms with Gasteiger partial charge in [0.1, 0.15) is 5.69 Å². The van der Waals surface area contributed by atoms with Crippen LogP contribution in [0.2, 0.25) is 0 Å². The molecule has 6 nitrogen and oxygen atoms in total. The van der Waals surface area contributed by atoms with Crippen LogP contribution >= 0.6 is 11.3 Å². The number of nitrogens with one attached hydrogen (secondary N) is 1. The zero-order valence-corrected chi connectivity index (χ0v) is 18.2. The van der Waals surface area contributed by atoms with E-state index in [9.17, 15) is 9.59 Å². The number of aromatic nitrogens is 2. The van der Waals surface area contributed by atoms with Crippen molar-refractivity contribution in [3.05, 3.63) is 65.7 Å². The van der Waals surface area contributed by atoms with Crippen molar-refractivity contribution < 1.29 is 9.59 Å². The summed E-state index contributed by atoms with van der Waals surface area (Å²) in [6.45, 7) is 6.15. The molecule has 1 aromatic carbocycles. The van der Waals surface area contributed by atoms with Gasteiger partial charge in [0.2, 0.25) is 11.8 Å². The Labute approximate surface area is 180 Å². The summed E-state index contributed by atoms with van der Waals surface area (Å²) in [6.07, 6.45) is 5.19. The van der Waals surface area contributed by atoms with E-state index >= 15 is 0 Å². The summed E-state index contributed by atoms with van der Waals surface area (Å²) in [7, 11) is 0. The lowest BCUT2D eigenvalue weighted by Crippen LogP contribution is -2.42. The molecule has 0 saturated heterocycles. The van der Waals surface area contributed by atoms with Crippen molar-refractivity contribution in [3.63, 3.8) is 0 Å². The predicted octanol–water partition coefficient (Wildman–Crippen LogP) is 3.99. The third-order valence-electron chi connectivity index (χ3n) is 4.40. The summed E-state index contributed by atoms with van der Waals surface area (Å²) in [5.41, 5.74) is 2.61. The summed E-state index contributed by atoms with van der Waals surface area (Å²) in [5.74, 6) is -0.370. The molecule has 2 amide bonds. The Hall–Kier alpha value is -3.19. The van der Waals surface area contributed by atoms with Crippen LogP contribution in [0.3, 0.4) is 0 Å². The van der Waals surface area contributed by atoms with Crippen LogP contribution in [0.4, 0.5) is 0 Å². The van der Waals surface area contributed by atoms with Crippen molar-refractivity contribution in [3.8, 4) is 16.3 Å². The number of para-hydroxylation sites is 1. The van der Waals surface area contributed by atoms with Crippen molar-refractivity contribution in [2.75, 3.05) is 13.1 Å². The molecule has 30 heavy (non-hydrogen) atoms. The molecule has 0 aliphatic heterocycles. The minimum atomic E-state index is -0.207. The van der Waals surface area contributed by atoms with Crippen molar-refractivity contribution in [1.82, 2.24) is 20.0 Å². The summed E-state index contributed by atoms with van der Waals surface area (Å²) in [6, 6.07) is 13.9. The fourth-order valence-corrected chi connectivity index (χ4v) is 3.71. The lowest BCUT2D eigenvalue weighted by Gasteiger charge is -2.19. The van der Waals surface area contributed by atoms with E-state index in [-0.39, 0.29) is 24.4 Å². The van der Waals surface area contributed by atoms with E-state index in [0.717, 1.165) is 21.8 Å². The molecule has 0 fully saturated rings. The maximum Gasteiger partial charge on any atom is 0.247 e. The number of carbonyl (C=O) groups is 2. The molecule has 0 unspecified atom stereocenters. The Morgan fingerprint density at radius 3 is 2.60 bits per heavy atom. The molecule has 3 aromatic rings. The first kappa shape index (κ1) is 21.5. The lowest BCUT2D eigenvalue weighted by atomic mass is 10.2. The maximum atomic E-state index is 12.7. The first-order valence-corrected chi connectivity index (χ1v) is 10.8. The Kier molecular flexibility index (Phi) is 7.19. The summed E-state index contributed by atoms with van der Waals surface area (Å²) >= 11 is 1.60. The van der Waals surface area contributed by atoms with Crippen LogP contribution in [0.15, 0.2) is 60.1 Å². The Morgan fingerprint density at radius 1 is 1.20 bits per heavy atom. The fourth-order valence-electron chi connectivity index (χ4n) is 2.98. The van der Waals surface area contributed by atoms with Gasteiger partial charge in [0, 0.05) is 30.4 Å². The van der Waals surface area contributed by atoms with Crippen LogP contribution in [0, 0.1) is 0 Å². The summed E-state index contributed by atoms with van der Waals surface area (Å²) in [5, 5.41) is 9.55. The maximum absolute atomic E-state index is 12.7. The highest BCUT2D eigenvalue weighted by Crippen LogP contribution is 2.28. The minimum Gasteiger partial charge on any atom is -0.352 e. The van der Waals surface area contributed by atoms with Crippen LogP contribution in [0.25, 0.3) is 22.3 Å². The molecule has 2 aromatic heterocycles. The van der Waals surface area contributed by atoms with Gasteiger partial charge in [-0.05, 0) is 50.4 Å². The molecule has 0 spiro atoms. The molecule has 2 heterocycles. The van der Waals surface area contributed by atoms with E-state index in [1.54, 1.807) is 17.4 Å². The third kappa shape index (κ3) is 5.45. The van der Waals surface area contributed by atoms with E-state index in [4.69, 9.17) is 5.10 Å². The monoisotopic (exact) mass is 422 g/mol. The zero-order chi connectivity index (χ0) is 21.5. The van der Waals surface area contributed by atoms with Crippen LogP contribution in [0.1, 0.15) is 26.3 Å². The first-order chi connectivity index (χ1) is 14.5. The van der Waals surface area contributed by atoms with Gasteiger partial charge in [0.25, 0.3) is 0 Å². The number of hydrogen-bond donors (Lipinski definition) is 1. The van der Waals surface area contributed by atoms with Crippen molar-refractivity contribution >= 4 is 29.2 Å². The quantitative estimate of drug-likeness (QED) is 0.558. The third-order valence-corrected chi connectivity index (χ3v) is 5.28. The zero-order valence-electron chi connectivity index (χ0n) is 17.4. The average molecular weight is 423 g/mol. The predicted molar refractivity (Wildman–Crippen MR) is 121 cm³/mol. The number of benzene rings is 1. The number of rotatable bonds is 8. The molecule has 0 radical (unpaired) electrons. The van der Waals surface area contributed by atoms with E-state index in [1.807, 2.05) is 79.5 Å². The largest absolute Gasteiger partial charge is 0.352 e. The highest BCUT2D eigenvalue weighted by atomic mass is 32.1. The first-order valence-electron chi connectivity index (χ1n) is 9.93. The lowest BCUT2D eigenvalue weighted by molar-refractivity contribution is -0.132. The number of likely N-dealkylation sites (N-methyl/N-ethyl adjacent to an activating group) is 1. The highest BCUT2D eigenvalue weighted by molar-refractivity contribution is 7.13. The molecule has 1 N–H and O–H groups in total. The summed E-state index contributed by atoms with van der Waals surface area (Å²) < 4.78 is 1.81. The van der Waals surface area contributed by atoms with Crippen LogP contribution in [0.5, 0.6) is 0 Å². The van der Waals surface area contributed by atoms with E-state index in [1.165, 1.54) is 11.0 Å². The molecule has 0 atom stereocenters. The highest BCUT2D eigenvalue weighted by Gasteiger charge is 2.15. The smallest absolute Gasteiger partial charge is 0.247 e. The van der Waals surface area contributed by atoms with Crippen LogP contribution in [-0.2, 0) is 9.59 Å². The van der Waals surface area contributed by atoms with Gasteiger partial charge in [-0.1, -0.05) is 24.3 Å². The molecule has 0 aliphatic rings. The van der Waals surface area contributed by atoms with Crippen LogP contribution < -0.4 is 5.32 Å². The molecular weight excluding hydrogens is 396 g/mol. The second-order valence-electron chi connectivity index (χ2n) is 7.10. The molecule has 156 valence electrons. The molecule has 3 rings (SSSR count).